The Balaban J connectivity index is 1.93. The first kappa shape index (κ1) is 15.4. The molecule has 1 aliphatic carbocycles. The summed E-state index contributed by atoms with van der Waals surface area (Å²) in [6, 6.07) is 7.27. The molecule has 6 nitrogen and oxygen atoms in total. The number of hydrogen-bond acceptors (Lipinski definition) is 4. The fourth-order valence-electron chi connectivity index (χ4n) is 3.24. The Morgan fingerprint density at radius 2 is 2.09 bits per heavy atom. The van der Waals surface area contributed by atoms with E-state index in [-0.39, 0.29) is 23.3 Å². The molecule has 1 aromatic carbocycles. The van der Waals surface area contributed by atoms with Crippen LogP contribution in [0.4, 0.5) is 11.5 Å². The van der Waals surface area contributed by atoms with Gasteiger partial charge in [-0.1, -0.05) is 6.07 Å². The molecule has 0 saturated heterocycles. The molecule has 0 saturated carbocycles. The van der Waals surface area contributed by atoms with Gasteiger partial charge >= 0.3 is 5.69 Å². The van der Waals surface area contributed by atoms with Crippen LogP contribution < -0.4 is 22.3 Å². The van der Waals surface area contributed by atoms with Crippen molar-refractivity contribution in [3.8, 4) is 0 Å². The van der Waals surface area contributed by atoms with E-state index in [1.54, 1.807) is 0 Å². The van der Waals surface area contributed by atoms with Crippen LogP contribution in [0, 0.1) is 0 Å². The second-order valence-corrected chi connectivity index (χ2v) is 6.34. The average molecular weight is 314 g/mol. The highest BCUT2D eigenvalue weighted by Crippen LogP contribution is 2.32. The monoisotopic (exact) mass is 314 g/mol. The smallest absolute Gasteiger partial charge is 0.330 e. The third-order valence-electron chi connectivity index (χ3n) is 4.29. The molecule has 0 spiro atoms. The number of rotatable bonds is 3. The number of aromatic amines is 1. The van der Waals surface area contributed by atoms with E-state index in [1.807, 2.05) is 32.0 Å². The molecule has 122 valence electrons. The minimum Gasteiger partial charge on any atom is -0.399 e. The molecular formula is C17H22N4O2. The minimum atomic E-state index is -0.386. The van der Waals surface area contributed by atoms with Gasteiger partial charge in [0, 0.05) is 17.8 Å². The van der Waals surface area contributed by atoms with Crippen molar-refractivity contribution in [2.75, 3.05) is 11.1 Å². The Morgan fingerprint density at radius 1 is 1.30 bits per heavy atom. The van der Waals surface area contributed by atoms with Crippen molar-refractivity contribution < 1.29 is 0 Å². The summed E-state index contributed by atoms with van der Waals surface area (Å²) in [6.07, 6.45) is 3.00. The van der Waals surface area contributed by atoms with E-state index in [0.29, 0.717) is 5.82 Å². The maximum atomic E-state index is 12.1. The lowest BCUT2D eigenvalue weighted by Crippen LogP contribution is -2.36. The van der Waals surface area contributed by atoms with Crippen LogP contribution in [0.3, 0.4) is 0 Å². The highest BCUT2D eigenvalue weighted by atomic mass is 16.2. The van der Waals surface area contributed by atoms with Gasteiger partial charge in [0.25, 0.3) is 5.56 Å². The Hall–Kier alpha value is -2.50. The molecule has 0 radical (unpaired) electrons. The Kier molecular flexibility index (Phi) is 3.98. The zero-order valence-electron chi connectivity index (χ0n) is 13.4. The molecule has 0 fully saturated rings. The van der Waals surface area contributed by atoms with Crippen molar-refractivity contribution in [2.24, 2.45) is 0 Å². The Bertz CT molecular complexity index is 804. The molecule has 1 aromatic heterocycles. The van der Waals surface area contributed by atoms with Gasteiger partial charge in [-0.2, -0.15) is 0 Å². The van der Waals surface area contributed by atoms with Crippen molar-refractivity contribution in [1.82, 2.24) is 9.55 Å². The van der Waals surface area contributed by atoms with Gasteiger partial charge in [0.1, 0.15) is 5.82 Å². The number of nitrogens with zero attached hydrogens (tertiary/aromatic N) is 1. The third kappa shape index (κ3) is 3.02. The van der Waals surface area contributed by atoms with Crippen LogP contribution in [-0.4, -0.2) is 9.55 Å². The number of anilines is 2. The summed E-state index contributed by atoms with van der Waals surface area (Å²) >= 11 is 0. The van der Waals surface area contributed by atoms with Crippen molar-refractivity contribution in [1.29, 1.82) is 0 Å². The number of aromatic nitrogens is 2. The van der Waals surface area contributed by atoms with Crippen molar-refractivity contribution >= 4 is 11.5 Å². The summed E-state index contributed by atoms with van der Waals surface area (Å²) in [6.45, 7) is 3.62. The number of nitrogens with one attached hydrogen (secondary N) is 2. The Labute approximate surface area is 134 Å². The standard InChI is InChI=1S/C17H22N4O2/c1-10(2)21-16(22)9-15(20-17(21)23)19-14-5-3-4-11-8-12(18)6-7-13(11)14/h6-10,14,19H,3-5,18H2,1-2H3,(H,20,23)/t14-/m0/s1. The van der Waals surface area contributed by atoms with E-state index in [2.05, 4.69) is 10.3 Å². The van der Waals surface area contributed by atoms with Gasteiger partial charge in [-0.15, -0.1) is 0 Å². The molecule has 2 aromatic rings. The first-order valence-corrected chi connectivity index (χ1v) is 7.96. The van der Waals surface area contributed by atoms with Gasteiger partial charge in [0.2, 0.25) is 0 Å². The largest absolute Gasteiger partial charge is 0.399 e. The van der Waals surface area contributed by atoms with E-state index in [1.165, 1.54) is 21.8 Å². The highest BCUT2D eigenvalue weighted by molar-refractivity contribution is 5.49. The Morgan fingerprint density at radius 3 is 2.78 bits per heavy atom. The number of nitrogens with two attached hydrogens (primary N) is 1. The molecular weight excluding hydrogens is 292 g/mol. The van der Waals surface area contributed by atoms with Gasteiger partial charge < -0.3 is 11.1 Å². The quantitative estimate of drug-likeness (QED) is 0.757. The molecule has 23 heavy (non-hydrogen) atoms. The zero-order chi connectivity index (χ0) is 16.6. The number of benzene rings is 1. The lowest BCUT2D eigenvalue weighted by molar-refractivity contribution is 0.544. The molecule has 3 rings (SSSR count). The van der Waals surface area contributed by atoms with Crippen molar-refractivity contribution in [3.05, 3.63) is 56.2 Å². The van der Waals surface area contributed by atoms with E-state index in [9.17, 15) is 9.59 Å². The molecule has 0 bridgehead atoms. The van der Waals surface area contributed by atoms with E-state index < -0.39 is 0 Å². The normalized spacial score (nSPS) is 17.1. The maximum absolute atomic E-state index is 12.1. The van der Waals surface area contributed by atoms with Crippen molar-refractivity contribution in [3.63, 3.8) is 0 Å². The average Bonchev–Trinajstić information content (AvgIpc) is 2.46. The number of fused-ring (bicyclic) bond motifs is 1. The van der Waals surface area contributed by atoms with Crippen LogP contribution >= 0.6 is 0 Å². The lowest BCUT2D eigenvalue weighted by atomic mass is 9.87. The fraction of sp³-hybridized carbons (Fsp3) is 0.412. The van der Waals surface area contributed by atoms with Crippen LogP contribution in [0.5, 0.6) is 0 Å². The zero-order valence-corrected chi connectivity index (χ0v) is 13.4. The number of H-pyrrole nitrogens is 1. The number of hydrogen-bond donors (Lipinski definition) is 3. The van der Waals surface area contributed by atoms with E-state index in [0.717, 1.165) is 24.9 Å². The van der Waals surface area contributed by atoms with Crippen LogP contribution in [-0.2, 0) is 6.42 Å². The van der Waals surface area contributed by atoms with Crippen molar-refractivity contribution in [2.45, 2.75) is 45.2 Å². The second-order valence-electron chi connectivity index (χ2n) is 6.34. The van der Waals surface area contributed by atoms with Gasteiger partial charge in [-0.25, -0.2) is 4.79 Å². The maximum Gasteiger partial charge on any atom is 0.330 e. The van der Waals surface area contributed by atoms with E-state index in [4.69, 9.17) is 5.73 Å². The summed E-state index contributed by atoms with van der Waals surface area (Å²) in [5.41, 5.74) is 8.34. The number of nitrogen functional groups attached to an aromatic ring is 1. The van der Waals surface area contributed by atoms with Gasteiger partial charge in [0.05, 0.1) is 6.04 Å². The minimum absolute atomic E-state index is 0.0734. The topological polar surface area (TPSA) is 92.9 Å². The molecule has 1 atom stereocenters. The summed E-state index contributed by atoms with van der Waals surface area (Å²) < 4.78 is 1.21. The first-order valence-electron chi connectivity index (χ1n) is 7.96. The van der Waals surface area contributed by atoms with Gasteiger partial charge in [0.15, 0.2) is 0 Å². The lowest BCUT2D eigenvalue weighted by Gasteiger charge is -2.27. The first-order chi connectivity index (χ1) is 11.0. The van der Waals surface area contributed by atoms with Crippen LogP contribution in [0.2, 0.25) is 0 Å². The molecule has 1 heterocycles. The number of aryl methyl sites for hydroxylation is 1. The third-order valence-corrected chi connectivity index (χ3v) is 4.29. The SMILES string of the molecule is CC(C)n1c(=O)cc(N[C@H]2CCCc3cc(N)ccc32)[nH]c1=O. The molecule has 1 aliphatic rings. The molecule has 4 N–H and O–H groups in total. The highest BCUT2D eigenvalue weighted by Gasteiger charge is 2.21. The van der Waals surface area contributed by atoms with E-state index >= 15 is 0 Å². The molecule has 0 unspecified atom stereocenters. The predicted molar refractivity (Wildman–Crippen MR) is 91.9 cm³/mol. The summed E-state index contributed by atoms with van der Waals surface area (Å²) in [4.78, 5) is 27.0. The van der Waals surface area contributed by atoms with Crippen LogP contribution in [0.15, 0.2) is 33.9 Å². The summed E-state index contributed by atoms with van der Waals surface area (Å²) in [5.74, 6) is 0.464. The van der Waals surface area contributed by atoms with Gasteiger partial charge in [-0.3, -0.25) is 14.3 Å². The summed E-state index contributed by atoms with van der Waals surface area (Å²) in [7, 11) is 0. The van der Waals surface area contributed by atoms with Crippen LogP contribution in [0.25, 0.3) is 0 Å². The molecule has 0 aliphatic heterocycles. The fourth-order valence-corrected chi connectivity index (χ4v) is 3.24. The summed E-state index contributed by atoms with van der Waals surface area (Å²) in [5, 5.41) is 3.29. The second kappa shape index (κ2) is 5.95. The van der Waals surface area contributed by atoms with Gasteiger partial charge in [-0.05, 0) is 56.4 Å². The van der Waals surface area contributed by atoms with Crippen LogP contribution in [0.1, 0.15) is 49.9 Å². The predicted octanol–water partition coefficient (Wildman–Crippen LogP) is 2.19. The molecule has 6 heteroatoms. The molecule has 0 amide bonds.